The van der Waals surface area contributed by atoms with Gasteiger partial charge in [-0.25, -0.2) is 4.98 Å². The smallest absolute Gasteiger partial charge is 0.149 e. The molecule has 5 heteroatoms. The third-order valence-corrected chi connectivity index (χ3v) is 2.48. The molecule has 2 rings (SSSR count). The van der Waals surface area contributed by atoms with E-state index in [2.05, 4.69) is 11.1 Å². The third-order valence-electron chi connectivity index (χ3n) is 2.48. The summed E-state index contributed by atoms with van der Waals surface area (Å²) in [6.45, 7) is 1.23. The number of nitrogens with two attached hydrogens (primary N) is 1. The van der Waals surface area contributed by atoms with Crippen LogP contribution < -0.4 is 10.6 Å². The molecule has 0 aromatic carbocycles. The molecule has 3 N–H and O–H groups in total. The molecule has 1 aromatic heterocycles. The second-order valence-corrected chi connectivity index (χ2v) is 3.61. The van der Waals surface area contributed by atoms with Crippen LogP contribution >= 0.6 is 0 Å². The molecule has 0 bridgehead atoms. The van der Waals surface area contributed by atoms with Gasteiger partial charge >= 0.3 is 0 Å². The molecule has 1 saturated heterocycles. The number of hydrogen-bond acceptors (Lipinski definition) is 5. The van der Waals surface area contributed by atoms with Gasteiger partial charge in [0.25, 0.3) is 0 Å². The molecule has 1 atom stereocenters. The molecule has 0 amide bonds. The highest BCUT2D eigenvalue weighted by Gasteiger charge is 2.23. The SMILES string of the molecule is N#Cc1ccc(N)nc1N1CC[C@@H](O)C1. The van der Waals surface area contributed by atoms with E-state index in [0.29, 0.717) is 36.7 Å². The van der Waals surface area contributed by atoms with Gasteiger partial charge in [-0.1, -0.05) is 0 Å². The van der Waals surface area contributed by atoms with E-state index < -0.39 is 0 Å². The molecule has 78 valence electrons. The van der Waals surface area contributed by atoms with Gasteiger partial charge in [0.1, 0.15) is 17.7 Å². The average molecular weight is 204 g/mol. The van der Waals surface area contributed by atoms with Gasteiger partial charge in [0.15, 0.2) is 0 Å². The minimum Gasteiger partial charge on any atom is -0.391 e. The molecule has 1 aliphatic rings. The van der Waals surface area contributed by atoms with Crippen molar-refractivity contribution >= 4 is 11.6 Å². The third kappa shape index (κ3) is 1.85. The number of aliphatic hydroxyl groups excluding tert-OH is 1. The van der Waals surface area contributed by atoms with Crippen molar-refractivity contribution in [2.24, 2.45) is 0 Å². The van der Waals surface area contributed by atoms with Gasteiger partial charge < -0.3 is 15.7 Å². The number of nitrogens with zero attached hydrogens (tertiary/aromatic N) is 3. The summed E-state index contributed by atoms with van der Waals surface area (Å²) in [7, 11) is 0. The Morgan fingerprint density at radius 3 is 3.00 bits per heavy atom. The monoisotopic (exact) mass is 204 g/mol. The number of anilines is 2. The van der Waals surface area contributed by atoms with E-state index in [1.165, 1.54) is 0 Å². The summed E-state index contributed by atoms with van der Waals surface area (Å²) in [5.74, 6) is 0.972. The van der Waals surface area contributed by atoms with Gasteiger partial charge in [-0.05, 0) is 18.6 Å². The maximum atomic E-state index is 9.41. The summed E-state index contributed by atoms with van der Waals surface area (Å²) in [5.41, 5.74) is 6.07. The molecule has 2 heterocycles. The van der Waals surface area contributed by atoms with Crippen LogP contribution in [0.25, 0.3) is 0 Å². The van der Waals surface area contributed by atoms with Crippen LogP contribution in [0.1, 0.15) is 12.0 Å². The quantitative estimate of drug-likeness (QED) is 0.678. The molecule has 1 aromatic rings. The molecule has 5 nitrogen and oxygen atoms in total. The number of rotatable bonds is 1. The Bertz CT molecular complexity index is 412. The van der Waals surface area contributed by atoms with Crippen LogP contribution in [0.5, 0.6) is 0 Å². The normalized spacial score (nSPS) is 20.3. The van der Waals surface area contributed by atoms with Crippen LogP contribution in [0.4, 0.5) is 11.6 Å². The highest BCUT2D eigenvalue weighted by atomic mass is 16.3. The van der Waals surface area contributed by atoms with Crippen LogP contribution in [0.2, 0.25) is 0 Å². The first-order chi connectivity index (χ1) is 7.20. The molecule has 0 spiro atoms. The molecule has 0 saturated carbocycles. The van der Waals surface area contributed by atoms with E-state index in [9.17, 15) is 5.11 Å². The van der Waals surface area contributed by atoms with Gasteiger partial charge in [-0.15, -0.1) is 0 Å². The number of aliphatic hydroxyl groups is 1. The van der Waals surface area contributed by atoms with Crippen molar-refractivity contribution in [3.63, 3.8) is 0 Å². The lowest BCUT2D eigenvalue weighted by molar-refractivity contribution is 0.198. The first-order valence-electron chi connectivity index (χ1n) is 4.80. The Kier molecular flexibility index (Phi) is 2.44. The molecule has 0 radical (unpaired) electrons. The Balaban J connectivity index is 2.34. The molecule has 15 heavy (non-hydrogen) atoms. The zero-order valence-electron chi connectivity index (χ0n) is 8.22. The average Bonchev–Trinajstić information content (AvgIpc) is 2.65. The Morgan fingerprint density at radius 2 is 2.40 bits per heavy atom. The molecule has 0 aliphatic carbocycles. The minimum atomic E-state index is -0.334. The fourth-order valence-corrected chi connectivity index (χ4v) is 1.73. The number of pyridine rings is 1. The van der Waals surface area contributed by atoms with Crippen LogP contribution in [-0.2, 0) is 0 Å². The largest absolute Gasteiger partial charge is 0.391 e. The first-order valence-corrected chi connectivity index (χ1v) is 4.80. The molecule has 0 unspecified atom stereocenters. The summed E-state index contributed by atoms with van der Waals surface area (Å²) >= 11 is 0. The van der Waals surface area contributed by atoms with Crippen LogP contribution in [0.15, 0.2) is 12.1 Å². The van der Waals surface area contributed by atoms with Crippen molar-refractivity contribution in [3.05, 3.63) is 17.7 Å². The molecular formula is C10H12N4O. The van der Waals surface area contributed by atoms with Gasteiger partial charge in [0.2, 0.25) is 0 Å². The Labute approximate surface area is 87.8 Å². The van der Waals surface area contributed by atoms with Gasteiger partial charge in [-0.3, -0.25) is 0 Å². The standard InChI is InChI=1S/C10H12N4O/c11-5-7-1-2-9(12)13-10(7)14-4-3-8(15)6-14/h1-2,8,15H,3-4,6H2,(H2,12,13)/t8-/m1/s1. The van der Waals surface area contributed by atoms with E-state index in [4.69, 9.17) is 11.0 Å². The Hall–Kier alpha value is -1.80. The van der Waals surface area contributed by atoms with Crippen molar-refractivity contribution in [1.82, 2.24) is 4.98 Å². The summed E-state index contributed by atoms with van der Waals surface area (Å²) in [6.07, 6.45) is 0.376. The maximum absolute atomic E-state index is 9.41. The topological polar surface area (TPSA) is 86.2 Å². The van der Waals surface area contributed by atoms with E-state index in [1.54, 1.807) is 12.1 Å². The number of aromatic nitrogens is 1. The number of β-amino-alcohol motifs (C(OH)–C–C–N with tert-alkyl or cyclic N) is 1. The maximum Gasteiger partial charge on any atom is 0.149 e. The zero-order chi connectivity index (χ0) is 10.8. The first kappa shape index (κ1) is 9.74. The number of nitriles is 1. The summed E-state index contributed by atoms with van der Waals surface area (Å²) in [5, 5.41) is 18.3. The highest BCUT2D eigenvalue weighted by Crippen LogP contribution is 2.23. The number of hydrogen-bond donors (Lipinski definition) is 2. The van der Waals surface area contributed by atoms with Crippen molar-refractivity contribution < 1.29 is 5.11 Å². The summed E-state index contributed by atoms with van der Waals surface area (Å²) in [6, 6.07) is 5.33. The highest BCUT2D eigenvalue weighted by molar-refractivity contribution is 5.57. The fraction of sp³-hybridized carbons (Fsp3) is 0.400. The van der Waals surface area contributed by atoms with Crippen molar-refractivity contribution in [2.75, 3.05) is 23.7 Å². The lowest BCUT2D eigenvalue weighted by Crippen LogP contribution is -2.23. The van der Waals surface area contributed by atoms with E-state index >= 15 is 0 Å². The number of nitrogen functional groups attached to an aromatic ring is 1. The molecular weight excluding hydrogens is 192 g/mol. The molecule has 1 fully saturated rings. The lowest BCUT2D eigenvalue weighted by Gasteiger charge is -2.17. The fourth-order valence-electron chi connectivity index (χ4n) is 1.73. The minimum absolute atomic E-state index is 0.334. The van der Waals surface area contributed by atoms with Gasteiger partial charge in [-0.2, -0.15) is 5.26 Å². The van der Waals surface area contributed by atoms with Crippen LogP contribution in [-0.4, -0.2) is 29.3 Å². The predicted octanol–water partition coefficient (Wildman–Crippen LogP) is 0.106. The van der Waals surface area contributed by atoms with Crippen LogP contribution in [0, 0.1) is 11.3 Å². The Morgan fingerprint density at radius 1 is 1.60 bits per heavy atom. The van der Waals surface area contributed by atoms with E-state index in [-0.39, 0.29) is 6.10 Å². The second-order valence-electron chi connectivity index (χ2n) is 3.61. The zero-order valence-corrected chi connectivity index (χ0v) is 8.22. The van der Waals surface area contributed by atoms with Crippen molar-refractivity contribution in [3.8, 4) is 6.07 Å². The van der Waals surface area contributed by atoms with Crippen molar-refractivity contribution in [1.29, 1.82) is 5.26 Å². The summed E-state index contributed by atoms with van der Waals surface area (Å²) < 4.78 is 0. The van der Waals surface area contributed by atoms with Crippen molar-refractivity contribution in [2.45, 2.75) is 12.5 Å². The van der Waals surface area contributed by atoms with Crippen LogP contribution in [0.3, 0.4) is 0 Å². The van der Waals surface area contributed by atoms with E-state index in [1.807, 2.05) is 4.90 Å². The second kappa shape index (κ2) is 3.75. The lowest BCUT2D eigenvalue weighted by atomic mass is 10.2. The van der Waals surface area contributed by atoms with E-state index in [0.717, 1.165) is 0 Å². The van der Waals surface area contributed by atoms with Gasteiger partial charge in [0.05, 0.1) is 11.7 Å². The predicted molar refractivity (Wildman–Crippen MR) is 56.2 cm³/mol. The summed E-state index contributed by atoms with van der Waals surface area (Å²) in [4.78, 5) is 6.02. The van der Waals surface area contributed by atoms with Gasteiger partial charge in [0, 0.05) is 13.1 Å². The molecule has 1 aliphatic heterocycles.